The summed E-state index contributed by atoms with van der Waals surface area (Å²) in [5.41, 5.74) is 5.16. The number of ether oxygens (including phenoxy) is 1. The summed E-state index contributed by atoms with van der Waals surface area (Å²) >= 11 is 0. The van der Waals surface area contributed by atoms with Crippen LogP contribution in [0, 0.1) is 5.92 Å². The number of rotatable bonds is 2. The molecule has 0 aromatic rings. The molecule has 0 spiro atoms. The molecule has 0 radical (unpaired) electrons. The molecule has 1 rings (SSSR count). The van der Waals surface area contributed by atoms with Crippen molar-refractivity contribution in [1.29, 1.82) is 0 Å². The van der Waals surface area contributed by atoms with Crippen molar-refractivity contribution in [2.24, 2.45) is 11.7 Å². The Morgan fingerprint density at radius 2 is 2.06 bits per heavy atom. The molecule has 2 atom stereocenters. The molecule has 100 valence electrons. The van der Waals surface area contributed by atoms with Crippen molar-refractivity contribution in [3.63, 3.8) is 0 Å². The summed E-state index contributed by atoms with van der Waals surface area (Å²) in [6.45, 7) is 9.27. The quantitative estimate of drug-likeness (QED) is 0.808. The van der Waals surface area contributed by atoms with Gasteiger partial charge in [0.05, 0.1) is 0 Å². The molecule has 2 unspecified atom stereocenters. The van der Waals surface area contributed by atoms with Crippen LogP contribution in [0.4, 0.5) is 4.79 Å². The third-order valence-corrected chi connectivity index (χ3v) is 3.18. The number of hydrogen-bond donors (Lipinski definition) is 1. The van der Waals surface area contributed by atoms with Crippen LogP contribution in [-0.2, 0) is 4.74 Å². The fourth-order valence-corrected chi connectivity index (χ4v) is 2.23. The molecule has 4 nitrogen and oxygen atoms in total. The van der Waals surface area contributed by atoms with Crippen molar-refractivity contribution in [2.45, 2.75) is 58.6 Å². The second-order valence-corrected chi connectivity index (χ2v) is 6.00. The first kappa shape index (κ1) is 14.3. The van der Waals surface area contributed by atoms with Gasteiger partial charge in [0.1, 0.15) is 5.60 Å². The lowest BCUT2D eigenvalue weighted by Crippen LogP contribution is -2.47. The minimum Gasteiger partial charge on any atom is -0.444 e. The molecule has 17 heavy (non-hydrogen) atoms. The van der Waals surface area contributed by atoms with Crippen molar-refractivity contribution in [1.82, 2.24) is 4.90 Å². The van der Waals surface area contributed by atoms with Crippen molar-refractivity contribution in [2.75, 3.05) is 13.1 Å². The van der Waals surface area contributed by atoms with Crippen LogP contribution in [0.3, 0.4) is 0 Å². The van der Waals surface area contributed by atoms with Gasteiger partial charge in [-0.2, -0.15) is 0 Å². The van der Waals surface area contributed by atoms with Gasteiger partial charge >= 0.3 is 6.09 Å². The average molecular weight is 242 g/mol. The van der Waals surface area contributed by atoms with Crippen LogP contribution >= 0.6 is 0 Å². The molecule has 1 saturated heterocycles. The summed E-state index contributed by atoms with van der Waals surface area (Å²) in [5, 5.41) is 0. The summed E-state index contributed by atoms with van der Waals surface area (Å²) in [4.78, 5) is 13.9. The summed E-state index contributed by atoms with van der Waals surface area (Å²) in [6.07, 6.45) is 3.01. The maximum absolute atomic E-state index is 12.0. The Bertz CT molecular complexity index is 261. The van der Waals surface area contributed by atoms with Crippen LogP contribution in [0.1, 0.15) is 47.0 Å². The number of carbonyl (C=O) groups is 1. The number of amides is 1. The first-order valence-electron chi connectivity index (χ1n) is 6.53. The van der Waals surface area contributed by atoms with Gasteiger partial charge in [-0.3, -0.25) is 0 Å². The molecule has 0 aliphatic carbocycles. The molecule has 0 saturated carbocycles. The number of likely N-dealkylation sites (tertiary alicyclic amines) is 1. The van der Waals surface area contributed by atoms with Gasteiger partial charge in [0.15, 0.2) is 0 Å². The van der Waals surface area contributed by atoms with Gasteiger partial charge in [-0.1, -0.05) is 0 Å². The molecule has 1 aliphatic rings. The number of nitrogens with zero attached hydrogens (tertiary/aromatic N) is 1. The third kappa shape index (κ3) is 4.54. The Labute approximate surface area is 104 Å². The highest BCUT2D eigenvalue weighted by molar-refractivity contribution is 5.68. The first-order chi connectivity index (χ1) is 7.83. The van der Waals surface area contributed by atoms with Crippen LogP contribution in [0.15, 0.2) is 0 Å². The second kappa shape index (κ2) is 5.71. The van der Waals surface area contributed by atoms with Gasteiger partial charge in [-0.25, -0.2) is 4.79 Å². The van der Waals surface area contributed by atoms with E-state index in [1.807, 2.05) is 25.7 Å². The van der Waals surface area contributed by atoms with Crippen molar-refractivity contribution >= 4 is 6.09 Å². The van der Waals surface area contributed by atoms with E-state index in [1.54, 1.807) is 0 Å². The van der Waals surface area contributed by atoms with Crippen molar-refractivity contribution < 1.29 is 9.53 Å². The highest BCUT2D eigenvalue weighted by Gasteiger charge is 2.31. The third-order valence-electron chi connectivity index (χ3n) is 3.18. The molecule has 1 aliphatic heterocycles. The van der Waals surface area contributed by atoms with Crippen LogP contribution < -0.4 is 5.73 Å². The largest absolute Gasteiger partial charge is 0.444 e. The molecule has 1 amide bonds. The molecular formula is C13H26N2O2. The van der Waals surface area contributed by atoms with Gasteiger partial charge in [0, 0.05) is 12.6 Å². The smallest absolute Gasteiger partial charge is 0.410 e. The number of hydrogen-bond acceptors (Lipinski definition) is 3. The highest BCUT2D eigenvalue weighted by Crippen LogP contribution is 2.25. The summed E-state index contributed by atoms with van der Waals surface area (Å²) in [7, 11) is 0. The topological polar surface area (TPSA) is 55.6 Å². The second-order valence-electron chi connectivity index (χ2n) is 6.00. The Morgan fingerprint density at radius 3 is 2.59 bits per heavy atom. The van der Waals surface area contributed by atoms with Gasteiger partial charge in [0.2, 0.25) is 0 Å². The lowest BCUT2D eigenvalue weighted by molar-refractivity contribution is 0.00500. The predicted octanol–water partition coefficient (Wildman–Crippen LogP) is 2.37. The maximum atomic E-state index is 12.0. The summed E-state index contributed by atoms with van der Waals surface area (Å²) < 4.78 is 5.43. The Balaban J connectivity index is 2.57. The first-order valence-corrected chi connectivity index (χ1v) is 6.53. The van der Waals surface area contributed by atoms with Crippen LogP contribution in [0.2, 0.25) is 0 Å². The highest BCUT2D eigenvalue weighted by atomic mass is 16.6. The van der Waals surface area contributed by atoms with E-state index >= 15 is 0 Å². The summed E-state index contributed by atoms with van der Waals surface area (Å²) in [5.74, 6) is 0.531. The van der Waals surface area contributed by atoms with E-state index in [9.17, 15) is 4.79 Å². The fourth-order valence-electron chi connectivity index (χ4n) is 2.23. The van der Waals surface area contributed by atoms with E-state index in [1.165, 1.54) is 0 Å². The molecule has 1 fully saturated rings. The normalized spacial score (nSPS) is 25.8. The molecular weight excluding hydrogens is 216 g/mol. The predicted molar refractivity (Wildman–Crippen MR) is 68.8 cm³/mol. The Hall–Kier alpha value is -0.770. The molecule has 2 N–H and O–H groups in total. The van der Waals surface area contributed by atoms with E-state index in [2.05, 4.69) is 6.92 Å². The van der Waals surface area contributed by atoms with Crippen molar-refractivity contribution in [3.05, 3.63) is 0 Å². The van der Waals surface area contributed by atoms with E-state index < -0.39 is 5.60 Å². The lowest BCUT2D eigenvalue weighted by atomic mass is 9.91. The maximum Gasteiger partial charge on any atom is 0.410 e. The molecule has 0 aromatic carbocycles. The Morgan fingerprint density at radius 1 is 1.41 bits per heavy atom. The van der Waals surface area contributed by atoms with Crippen LogP contribution in [-0.4, -0.2) is 35.7 Å². The molecule has 4 heteroatoms. The number of piperidine rings is 1. The minimum absolute atomic E-state index is 0.188. The number of nitrogens with two attached hydrogens (primary N) is 1. The summed E-state index contributed by atoms with van der Waals surface area (Å²) in [6, 6.07) is 0.277. The SMILES string of the molecule is CC1CCC(CCN)CN1C(=O)OC(C)(C)C. The van der Waals surface area contributed by atoms with E-state index in [0.717, 1.165) is 25.8 Å². The Kier molecular flexibility index (Phi) is 4.80. The van der Waals surface area contributed by atoms with Gasteiger partial charge in [-0.05, 0) is 59.4 Å². The molecule has 0 bridgehead atoms. The zero-order valence-electron chi connectivity index (χ0n) is 11.5. The van der Waals surface area contributed by atoms with E-state index in [4.69, 9.17) is 10.5 Å². The molecule has 0 aromatic heterocycles. The van der Waals surface area contributed by atoms with Gasteiger partial charge in [-0.15, -0.1) is 0 Å². The zero-order chi connectivity index (χ0) is 13.1. The zero-order valence-corrected chi connectivity index (χ0v) is 11.5. The number of carbonyl (C=O) groups excluding carboxylic acids is 1. The van der Waals surface area contributed by atoms with E-state index in [-0.39, 0.29) is 12.1 Å². The van der Waals surface area contributed by atoms with Gasteiger partial charge < -0.3 is 15.4 Å². The van der Waals surface area contributed by atoms with Crippen LogP contribution in [0.25, 0.3) is 0 Å². The monoisotopic (exact) mass is 242 g/mol. The average Bonchev–Trinajstić information content (AvgIpc) is 2.18. The van der Waals surface area contributed by atoms with Crippen LogP contribution in [0.5, 0.6) is 0 Å². The lowest BCUT2D eigenvalue weighted by Gasteiger charge is -2.38. The van der Waals surface area contributed by atoms with E-state index in [0.29, 0.717) is 12.5 Å². The minimum atomic E-state index is -0.419. The van der Waals surface area contributed by atoms with Gasteiger partial charge in [0.25, 0.3) is 0 Å². The standard InChI is InChI=1S/C13H26N2O2/c1-10-5-6-11(7-8-14)9-15(10)12(16)17-13(2,3)4/h10-11H,5-9,14H2,1-4H3. The molecule has 1 heterocycles. The fraction of sp³-hybridized carbons (Fsp3) is 0.923. The van der Waals surface area contributed by atoms with Crippen molar-refractivity contribution in [3.8, 4) is 0 Å².